The van der Waals surface area contributed by atoms with Gasteiger partial charge < -0.3 is 15.6 Å². The molecule has 0 aliphatic carbocycles. The summed E-state index contributed by atoms with van der Waals surface area (Å²) in [6, 6.07) is 1.69. The van der Waals surface area contributed by atoms with Crippen LogP contribution in [-0.2, 0) is 6.42 Å². The lowest BCUT2D eigenvalue weighted by atomic mass is 10.4. The Labute approximate surface area is 98.5 Å². The van der Waals surface area contributed by atoms with Gasteiger partial charge in [-0.1, -0.05) is 5.16 Å². The molecule has 17 heavy (non-hydrogen) atoms. The molecular weight excluding hydrogens is 220 g/mol. The second kappa shape index (κ2) is 4.77. The van der Waals surface area contributed by atoms with Crippen LogP contribution in [0.2, 0.25) is 0 Å². The van der Waals surface area contributed by atoms with Gasteiger partial charge in [0.1, 0.15) is 17.5 Å². The molecule has 7 nitrogen and oxygen atoms in total. The van der Waals surface area contributed by atoms with Crippen molar-refractivity contribution < 1.29 is 4.52 Å². The average molecular weight is 234 g/mol. The first kappa shape index (κ1) is 11.3. The number of nitrogens with zero attached hydrogens (tertiary/aromatic N) is 4. The Balaban J connectivity index is 1.89. The third-order valence-corrected chi connectivity index (χ3v) is 2.07. The van der Waals surface area contributed by atoms with Gasteiger partial charge in [-0.05, 0) is 13.8 Å². The number of hydrogen-bond donors (Lipinski definition) is 2. The zero-order valence-corrected chi connectivity index (χ0v) is 9.77. The molecule has 3 N–H and O–H groups in total. The molecule has 0 saturated heterocycles. The molecule has 0 spiro atoms. The third-order valence-electron chi connectivity index (χ3n) is 2.07. The van der Waals surface area contributed by atoms with Gasteiger partial charge in [0, 0.05) is 19.0 Å². The fraction of sp³-hybridized carbons (Fsp3) is 0.400. The van der Waals surface area contributed by atoms with Crippen LogP contribution in [0.1, 0.15) is 17.5 Å². The van der Waals surface area contributed by atoms with Crippen LogP contribution in [0.3, 0.4) is 0 Å². The second-order valence-electron chi connectivity index (χ2n) is 3.64. The zero-order valence-electron chi connectivity index (χ0n) is 9.77. The van der Waals surface area contributed by atoms with E-state index in [0.29, 0.717) is 42.1 Å². The van der Waals surface area contributed by atoms with Crippen LogP contribution in [0.15, 0.2) is 10.6 Å². The summed E-state index contributed by atoms with van der Waals surface area (Å²) in [7, 11) is 0. The minimum absolute atomic E-state index is 0.452. The van der Waals surface area contributed by atoms with E-state index in [0.717, 1.165) is 0 Å². The molecule has 2 rings (SSSR count). The van der Waals surface area contributed by atoms with Gasteiger partial charge in [-0.25, -0.2) is 9.97 Å². The van der Waals surface area contributed by atoms with Gasteiger partial charge in [-0.2, -0.15) is 4.98 Å². The third kappa shape index (κ3) is 3.13. The Morgan fingerprint density at radius 2 is 2.06 bits per heavy atom. The minimum atomic E-state index is 0.452. The molecule has 0 atom stereocenters. The first-order chi connectivity index (χ1) is 8.13. The maximum Gasteiger partial charge on any atom is 0.228 e. The molecule has 2 heterocycles. The molecule has 0 saturated carbocycles. The van der Waals surface area contributed by atoms with Crippen LogP contribution < -0.4 is 11.1 Å². The van der Waals surface area contributed by atoms with Crippen molar-refractivity contribution in [1.82, 2.24) is 20.1 Å². The summed E-state index contributed by atoms with van der Waals surface area (Å²) in [6.07, 6.45) is 0.643. The fourth-order valence-electron chi connectivity index (χ4n) is 1.42. The van der Waals surface area contributed by atoms with Crippen LogP contribution >= 0.6 is 0 Å². The topological polar surface area (TPSA) is 103 Å². The highest BCUT2D eigenvalue weighted by atomic mass is 16.5. The highest BCUT2D eigenvalue weighted by molar-refractivity contribution is 5.44. The number of nitrogens with one attached hydrogen (secondary N) is 1. The highest BCUT2D eigenvalue weighted by Gasteiger charge is 2.03. The molecule has 0 aliphatic rings. The molecule has 0 aliphatic heterocycles. The molecule has 0 unspecified atom stereocenters. The van der Waals surface area contributed by atoms with E-state index in [1.165, 1.54) is 0 Å². The quantitative estimate of drug-likeness (QED) is 0.803. The predicted octanol–water partition coefficient (Wildman–Crippen LogP) is 0.713. The van der Waals surface area contributed by atoms with E-state index in [1.54, 1.807) is 19.9 Å². The van der Waals surface area contributed by atoms with E-state index in [1.807, 2.05) is 0 Å². The largest absolute Gasteiger partial charge is 0.384 e. The van der Waals surface area contributed by atoms with Gasteiger partial charge in [-0.15, -0.1) is 0 Å². The Hall–Kier alpha value is -2.18. The molecule has 2 aromatic heterocycles. The van der Waals surface area contributed by atoms with Crippen molar-refractivity contribution in [1.29, 1.82) is 0 Å². The van der Waals surface area contributed by atoms with E-state index in [9.17, 15) is 0 Å². The number of nitrogens with two attached hydrogens (primary N) is 1. The lowest BCUT2D eigenvalue weighted by molar-refractivity contribution is 0.377. The van der Waals surface area contributed by atoms with Gasteiger partial charge in [0.05, 0.1) is 0 Å². The average Bonchev–Trinajstić information content (AvgIpc) is 2.63. The Morgan fingerprint density at radius 1 is 1.24 bits per heavy atom. The van der Waals surface area contributed by atoms with Crippen LogP contribution in [0.5, 0.6) is 0 Å². The van der Waals surface area contributed by atoms with Crippen molar-refractivity contribution in [2.75, 3.05) is 17.6 Å². The number of nitrogen functional groups attached to an aromatic ring is 1. The van der Waals surface area contributed by atoms with E-state index in [4.69, 9.17) is 10.3 Å². The Morgan fingerprint density at radius 3 is 2.71 bits per heavy atom. The molecule has 0 amide bonds. The smallest absolute Gasteiger partial charge is 0.228 e. The van der Waals surface area contributed by atoms with Crippen molar-refractivity contribution in [2.45, 2.75) is 20.3 Å². The van der Waals surface area contributed by atoms with Crippen LogP contribution in [0, 0.1) is 13.8 Å². The van der Waals surface area contributed by atoms with Crippen molar-refractivity contribution in [3.8, 4) is 0 Å². The van der Waals surface area contributed by atoms with Crippen molar-refractivity contribution in [2.24, 2.45) is 0 Å². The Bertz CT molecular complexity index is 489. The monoisotopic (exact) mass is 234 g/mol. The number of hydrogen-bond acceptors (Lipinski definition) is 7. The number of rotatable bonds is 4. The number of aromatic nitrogens is 4. The van der Waals surface area contributed by atoms with Crippen molar-refractivity contribution in [3.63, 3.8) is 0 Å². The molecular formula is C10H14N6O. The van der Waals surface area contributed by atoms with Crippen LogP contribution in [-0.4, -0.2) is 26.7 Å². The number of anilines is 2. The van der Waals surface area contributed by atoms with E-state index in [2.05, 4.69) is 25.4 Å². The molecule has 0 fully saturated rings. The minimum Gasteiger partial charge on any atom is -0.384 e. The van der Waals surface area contributed by atoms with Crippen molar-refractivity contribution in [3.05, 3.63) is 23.6 Å². The standard InChI is InChI=1S/C10H14N6O/c1-6-13-8(11)5-9(14-6)12-4-3-10-15-7(2)16-17-10/h5H,3-4H2,1-2H3,(H3,11,12,13,14). The maximum atomic E-state index is 5.61. The van der Waals surface area contributed by atoms with E-state index >= 15 is 0 Å². The lowest BCUT2D eigenvalue weighted by Gasteiger charge is -2.05. The summed E-state index contributed by atoms with van der Waals surface area (Å²) >= 11 is 0. The maximum absolute atomic E-state index is 5.61. The summed E-state index contributed by atoms with van der Waals surface area (Å²) < 4.78 is 4.99. The van der Waals surface area contributed by atoms with E-state index < -0.39 is 0 Å². The molecule has 0 radical (unpaired) electrons. The first-order valence-corrected chi connectivity index (χ1v) is 5.28. The van der Waals surface area contributed by atoms with E-state index in [-0.39, 0.29) is 0 Å². The summed E-state index contributed by atoms with van der Waals surface area (Å²) in [6.45, 7) is 4.23. The normalized spacial score (nSPS) is 10.5. The van der Waals surface area contributed by atoms with Gasteiger partial charge in [0.15, 0.2) is 5.82 Å². The lowest BCUT2D eigenvalue weighted by Crippen LogP contribution is -2.08. The Kier molecular flexibility index (Phi) is 3.17. The van der Waals surface area contributed by atoms with Crippen molar-refractivity contribution >= 4 is 11.6 Å². The molecule has 0 bridgehead atoms. The van der Waals surface area contributed by atoms with Gasteiger partial charge in [0.2, 0.25) is 5.89 Å². The molecule has 90 valence electrons. The summed E-state index contributed by atoms with van der Waals surface area (Å²) in [5.41, 5.74) is 5.61. The van der Waals surface area contributed by atoms with Gasteiger partial charge in [0.25, 0.3) is 0 Å². The summed E-state index contributed by atoms with van der Waals surface area (Å²) in [4.78, 5) is 12.3. The summed E-state index contributed by atoms with van der Waals surface area (Å²) in [5, 5.41) is 6.84. The van der Waals surface area contributed by atoms with Gasteiger partial charge in [-0.3, -0.25) is 0 Å². The van der Waals surface area contributed by atoms with Gasteiger partial charge >= 0.3 is 0 Å². The SMILES string of the molecule is Cc1nc(N)cc(NCCc2nc(C)no2)n1. The first-order valence-electron chi connectivity index (χ1n) is 5.28. The second-order valence-corrected chi connectivity index (χ2v) is 3.64. The summed E-state index contributed by atoms with van der Waals surface area (Å²) in [5.74, 6) is 3.04. The molecule has 2 aromatic rings. The number of aryl methyl sites for hydroxylation is 2. The fourth-order valence-corrected chi connectivity index (χ4v) is 1.42. The highest BCUT2D eigenvalue weighted by Crippen LogP contribution is 2.07. The predicted molar refractivity (Wildman–Crippen MR) is 62.4 cm³/mol. The van der Waals surface area contributed by atoms with Crippen LogP contribution in [0.25, 0.3) is 0 Å². The zero-order chi connectivity index (χ0) is 12.3. The van der Waals surface area contributed by atoms with Crippen LogP contribution in [0.4, 0.5) is 11.6 Å². The molecule has 0 aromatic carbocycles. The molecule has 7 heteroatoms.